The quantitative estimate of drug-likeness (QED) is 0.426. The van der Waals surface area contributed by atoms with Gasteiger partial charge < -0.3 is 14.6 Å². The molecule has 9 heteroatoms. The molecule has 176 valence electrons. The Hall–Kier alpha value is -4.71. The van der Waals surface area contributed by atoms with E-state index in [4.69, 9.17) is 4.74 Å². The second-order valence-corrected chi connectivity index (χ2v) is 7.80. The van der Waals surface area contributed by atoms with Crippen LogP contribution in [0.25, 0.3) is 0 Å². The third kappa shape index (κ3) is 5.45. The fraction of sp³-hybridized carbons (Fsp3) is 0.154. The number of nitrogens with one attached hydrogen (secondary N) is 1. The van der Waals surface area contributed by atoms with Gasteiger partial charge in [0.05, 0.1) is 25.8 Å². The van der Waals surface area contributed by atoms with Crippen LogP contribution in [0, 0.1) is 17.1 Å². The topological polar surface area (TPSA) is 102 Å². The molecule has 2 aromatic heterocycles. The number of aromatic nitrogens is 3. The van der Waals surface area contributed by atoms with Crippen molar-refractivity contribution in [3.8, 4) is 11.8 Å². The third-order valence-electron chi connectivity index (χ3n) is 5.43. The molecule has 1 N–H and O–H groups in total. The standard InChI is InChI=1S/C26H22FN5O3/c1-35-23-6-4-5-20(25(23)27)14-29-26(34)21-17-32(30-22(21)13-28)16-19-10-8-18(9-11-19)15-31-12-3-2-7-24(31)33/h2-12,17H,14-16H2,1H3,(H,29,34). The van der Waals surface area contributed by atoms with Gasteiger partial charge in [-0.05, 0) is 23.3 Å². The average molecular weight is 471 g/mol. The van der Waals surface area contributed by atoms with Crippen molar-refractivity contribution in [2.24, 2.45) is 0 Å². The molecule has 0 fully saturated rings. The summed E-state index contributed by atoms with van der Waals surface area (Å²) in [5.41, 5.74) is 2.15. The number of halogens is 1. The summed E-state index contributed by atoms with van der Waals surface area (Å²) < 4.78 is 22.4. The lowest BCUT2D eigenvalue weighted by atomic mass is 10.1. The maximum Gasteiger partial charge on any atom is 0.256 e. The van der Waals surface area contributed by atoms with Crippen molar-refractivity contribution in [1.29, 1.82) is 5.26 Å². The number of ether oxygens (including phenoxy) is 1. The van der Waals surface area contributed by atoms with Gasteiger partial charge in [0.1, 0.15) is 6.07 Å². The Kier molecular flexibility index (Phi) is 7.02. The number of carbonyl (C=O) groups is 1. The van der Waals surface area contributed by atoms with Crippen LogP contribution in [0.15, 0.2) is 77.9 Å². The van der Waals surface area contributed by atoms with E-state index in [1.165, 1.54) is 30.1 Å². The molecule has 0 atom stereocenters. The van der Waals surface area contributed by atoms with Gasteiger partial charge in [-0.25, -0.2) is 4.39 Å². The van der Waals surface area contributed by atoms with E-state index in [9.17, 15) is 19.2 Å². The van der Waals surface area contributed by atoms with Crippen LogP contribution in [0.2, 0.25) is 0 Å². The predicted octanol–water partition coefficient (Wildman–Crippen LogP) is 3.09. The fourth-order valence-electron chi connectivity index (χ4n) is 3.60. The zero-order valence-corrected chi connectivity index (χ0v) is 18.9. The van der Waals surface area contributed by atoms with Crippen molar-refractivity contribution in [2.75, 3.05) is 7.11 Å². The molecular formula is C26H22FN5O3. The molecule has 0 aliphatic heterocycles. The van der Waals surface area contributed by atoms with E-state index in [0.717, 1.165) is 11.1 Å². The average Bonchev–Trinajstić information content (AvgIpc) is 3.28. The summed E-state index contributed by atoms with van der Waals surface area (Å²) in [7, 11) is 1.37. The predicted molar refractivity (Wildman–Crippen MR) is 126 cm³/mol. The van der Waals surface area contributed by atoms with E-state index >= 15 is 0 Å². The smallest absolute Gasteiger partial charge is 0.256 e. The van der Waals surface area contributed by atoms with E-state index in [0.29, 0.717) is 13.1 Å². The first kappa shape index (κ1) is 23.4. The highest BCUT2D eigenvalue weighted by atomic mass is 19.1. The molecule has 35 heavy (non-hydrogen) atoms. The Morgan fingerprint density at radius 2 is 1.83 bits per heavy atom. The highest BCUT2D eigenvalue weighted by Crippen LogP contribution is 2.20. The molecule has 0 aliphatic carbocycles. The summed E-state index contributed by atoms with van der Waals surface area (Å²) in [6.07, 6.45) is 3.23. The molecule has 4 rings (SSSR count). The maximum absolute atomic E-state index is 14.3. The van der Waals surface area contributed by atoms with Crippen LogP contribution in [-0.4, -0.2) is 27.4 Å². The van der Waals surface area contributed by atoms with Crippen molar-refractivity contribution in [3.63, 3.8) is 0 Å². The lowest BCUT2D eigenvalue weighted by molar-refractivity contribution is 0.0950. The number of nitrogens with zero attached hydrogens (tertiary/aromatic N) is 4. The van der Waals surface area contributed by atoms with Gasteiger partial charge in [0, 0.05) is 30.6 Å². The molecule has 4 aromatic rings. The van der Waals surface area contributed by atoms with E-state index in [2.05, 4.69) is 10.4 Å². The minimum absolute atomic E-state index is 0.0197. The molecule has 2 heterocycles. The molecule has 0 aliphatic rings. The molecular weight excluding hydrogens is 449 g/mol. The number of amides is 1. The highest BCUT2D eigenvalue weighted by Gasteiger charge is 2.17. The summed E-state index contributed by atoms with van der Waals surface area (Å²) >= 11 is 0. The first-order valence-electron chi connectivity index (χ1n) is 10.8. The molecule has 0 spiro atoms. The van der Waals surface area contributed by atoms with Crippen LogP contribution >= 0.6 is 0 Å². The van der Waals surface area contributed by atoms with Crippen LogP contribution in [0.5, 0.6) is 5.75 Å². The van der Waals surface area contributed by atoms with Crippen molar-refractivity contribution >= 4 is 5.91 Å². The molecule has 0 saturated heterocycles. The van der Waals surface area contributed by atoms with Gasteiger partial charge in [-0.3, -0.25) is 14.3 Å². The van der Waals surface area contributed by atoms with Crippen LogP contribution in [0.4, 0.5) is 4.39 Å². The number of carbonyl (C=O) groups excluding carboxylic acids is 1. The summed E-state index contributed by atoms with van der Waals surface area (Å²) in [5.74, 6) is -0.991. The van der Waals surface area contributed by atoms with Crippen LogP contribution in [-0.2, 0) is 19.6 Å². The van der Waals surface area contributed by atoms with E-state index in [-0.39, 0.29) is 34.7 Å². The first-order valence-corrected chi connectivity index (χ1v) is 10.8. The Bertz CT molecular complexity index is 1450. The minimum Gasteiger partial charge on any atom is -0.494 e. The molecule has 0 bridgehead atoms. The number of nitriles is 1. The minimum atomic E-state index is -0.549. The lowest BCUT2D eigenvalue weighted by Crippen LogP contribution is -2.23. The molecule has 0 radical (unpaired) electrons. The van der Waals surface area contributed by atoms with Crippen LogP contribution < -0.4 is 15.6 Å². The first-order chi connectivity index (χ1) is 17.0. The SMILES string of the molecule is COc1cccc(CNC(=O)c2cn(Cc3ccc(Cn4ccccc4=O)cc3)nc2C#N)c1F. The van der Waals surface area contributed by atoms with E-state index < -0.39 is 11.7 Å². The molecule has 0 saturated carbocycles. The summed E-state index contributed by atoms with van der Waals surface area (Å²) in [6, 6.07) is 19.3. The zero-order valence-electron chi connectivity index (χ0n) is 18.9. The summed E-state index contributed by atoms with van der Waals surface area (Å²) in [5, 5.41) is 16.3. The lowest BCUT2D eigenvalue weighted by Gasteiger charge is -2.08. The Balaban J connectivity index is 1.43. The number of hydrogen-bond donors (Lipinski definition) is 1. The molecule has 8 nitrogen and oxygen atoms in total. The summed E-state index contributed by atoms with van der Waals surface area (Å²) in [6.45, 7) is 0.737. The van der Waals surface area contributed by atoms with Gasteiger partial charge >= 0.3 is 0 Å². The van der Waals surface area contributed by atoms with Gasteiger partial charge in [0.25, 0.3) is 11.5 Å². The highest BCUT2D eigenvalue weighted by molar-refractivity contribution is 5.95. The van der Waals surface area contributed by atoms with Crippen molar-refractivity contribution < 1.29 is 13.9 Å². The second-order valence-electron chi connectivity index (χ2n) is 7.80. The molecule has 1 amide bonds. The molecule has 0 unspecified atom stereocenters. The van der Waals surface area contributed by atoms with Gasteiger partial charge in [-0.1, -0.05) is 42.5 Å². The number of pyridine rings is 1. The van der Waals surface area contributed by atoms with Crippen molar-refractivity contribution in [1.82, 2.24) is 19.7 Å². The number of rotatable bonds is 8. The molecule has 2 aromatic carbocycles. The second kappa shape index (κ2) is 10.5. The third-order valence-corrected chi connectivity index (χ3v) is 5.43. The van der Waals surface area contributed by atoms with Gasteiger partial charge in [-0.2, -0.15) is 10.4 Å². The van der Waals surface area contributed by atoms with Crippen LogP contribution in [0.3, 0.4) is 0 Å². The Morgan fingerprint density at radius 3 is 2.51 bits per heavy atom. The van der Waals surface area contributed by atoms with Gasteiger partial charge in [0.2, 0.25) is 0 Å². The fourth-order valence-corrected chi connectivity index (χ4v) is 3.60. The largest absolute Gasteiger partial charge is 0.494 e. The van der Waals surface area contributed by atoms with Gasteiger partial charge in [-0.15, -0.1) is 0 Å². The van der Waals surface area contributed by atoms with E-state index in [1.54, 1.807) is 35.0 Å². The number of hydrogen-bond acceptors (Lipinski definition) is 5. The van der Waals surface area contributed by atoms with Gasteiger partial charge in [0.15, 0.2) is 17.3 Å². The summed E-state index contributed by atoms with van der Waals surface area (Å²) in [4.78, 5) is 24.6. The Morgan fingerprint density at radius 1 is 1.09 bits per heavy atom. The normalized spacial score (nSPS) is 10.5. The zero-order chi connectivity index (χ0) is 24.8. The number of benzene rings is 2. The van der Waals surface area contributed by atoms with Crippen molar-refractivity contribution in [3.05, 3.63) is 117 Å². The maximum atomic E-state index is 14.3. The monoisotopic (exact) mass is 471 g/mol. The van der Waals surface area contributed by atoms with Crippen molar-refractivity contribution in [2.45, 2.75) is 19.6 Å². The Labute approximate surface area is 200 Å². The van der Waals surface area contributed by atoms with E-state index in [1.807, 2.05) is 30.3 Å². The number of methoxy groups -OCH3 is 1. The van der Waals surface area contributed by atoms with Crippen LogP contribution in [0.1, 0.15) is 32.7 Å².